The molecule has 1 N–H and O–H groups in total. The van der Waals surface area contributed by atoms with Crippen LogP contribution in [0.2, 0.25) is 5.02 Å². The number of imidazole rings is 1. The number of amides is 1. The van der Waals surface area contributed by atoms with Crippen molar-refractivity contribution in [2.75, 3.05) is 6.61 Å². The maximum Gasteiger partial charge on any atom is 0.258 e. The van der Waals surface area contributed by atoms with Gasteiger partial charge in [0.1, 0.15) is 11.6 Å². The fraction of sp³-hybridized carbons (Fsp3) is 0.476. The van der Waals surface area contributed by atoms with Gasteiger partial charge in [0.15, 0.2) is 6.61 Å². The Labute approximate surface area is 172 Å². The standard InChI is InChI=1S/C21H20ClFN4O2/c22-16-2-1-15(5-17(16)23)29-8-19(28)26-21-9-20(10-21,11-21)18-7-27(12-25-18)14-3-13(4-14)6-24/h1-2,5,7,12-14H,3-4,8-11H2,(H,26,28)/t13-,14+,20?,21?. The van der Waals surface area contributed by atoms with Gasteiger partial charge in [0.05, 0.1) is 29.0 Å². The number of rotatable bonds is 6. The Morgan fingerprint density at radius 2 is 2.17 bits per heavy atom. The minimum Gasteiger partial charge on any atom is -0.484 e. The molecule has 150 valence electrons. The van der Waals surface area contributed by atoms with Crippen LogP contribution in [0, 0.1) is 23.1 Å². The summed E-state index contributed by atoms with van der Waals surface area (Å²) in [6.45, 7) is -0.161. The number of ether oxygens (including phenoxy) is 1. The smallest absolute Gasteiger partial charge is 0.258 e. The Morgan fingerprint density at radius 1 is 1.41 bits per heavy atom. The van der Waals surface area contributed by atoms with Gasteiger partial charge in [-0.15, -0.1) is 0 Å². The first-order valence-electron chi connectivity index (χ1n) is 9.73. The summed E-state index contributed by atoms with van der Waals surface area (Å²) in [6, 6.07) is 6.80. The van der Waals surface area contributed by atoms with Gasteiger partial charge in [0.2, 0.25) is 0 Å². The van der Waals surface area contributed by atoms with Gasteiger partial charge in [-0.05, 0) is 44.2 Å². The number of carbonyl (C=O) groups is 1. The highest BCUT2D eigenvalue weighted by atomic mass is 35.5. The van der Waals surface area contributed by atoms with Gasteiger partial charge >= 0.3 is 0 Å². The van der Waals surface area contributed by atoms with Gasteiger partial charge < -0.3 is 14.6 Å². The number of nitrogens with one attached hydrogen (secondary N) is 1. The van der Waals surface area contributed by atoms with E-state index in [9.17, 15) is 9.18 Å². The summed E-state index contributed by atoms with van der Waals surface area (Å²) in [5.74, 6) is -0.339. The predicted molar refractivity (Wildman–Crippen MR) is 103 cm³/mol. The average molecular weight is 415 g/mol. The molecule has 8 heteroatoms. The van der Waals surface area contributed by atoms with Crippen LogP contribution in [0.4, 0.5) is 4.39 Å². The quantitative estimate of drug-likeness (QED) is 0.784. The zero-order chi connectivity index (χ0) is 20.2. The third-order valence-corrected chi connectivity index (χ3v) is 6.86. The number of nitriles is 1. The maximum absolute atomic E-state index is 13.4. The lowest BCUT2D eigenvalue weighted by molar-refractivity contribution is -0.140. The van der Waals surface area contributed by atoms with E-state index >= 15 is 0 Å². The first kappa shape index (κ1) is 18.4. The van der Waals surface area contributed by atoms with Crippen molar-refractivity contribution in [1.29, 1.82) is 5.26 Å². The Balaban J connectivity index is 1.12. The molecule has 1 heterocycles. The number of aromatic nitrogens is 2. The van der Waals surface area contributed by atoms with E-state index in [0.29, 0.717) is 6.04 Å². The van der Waals surface area contributed by atoms with E-state index in [-0.39, 0.29) is 40.2 Å². The molecule has 0 unspecified atom stereocenters. The Kier molecular flexibility index (Phi) is 4.11. The normalized spacial score (nSPS) is 31.6. The molecule has 1 amide bonds. The van der Waals surface area contributed by atoms with E-state index in [1.165, 1.54) is 18.2 Å². The summed E-state index contributed by atoms with van der Waals surface area (Å²) < 4.78 is 20.9. The van der Waals surface area contributed by atoms with Crippen LogP contribution in [0.5, 0.6) is 5.75 Å². The lowest BCUT2D eigenvalue weighted by Gasteiger charge is -2.69. The Morgan fingerprint density at radius 3 is 2.86 bits per heavy atom. The number of carbonyl (C=O) groups excluding carboxylic acids is 1. The van der Waals surface area contributed by atoms with Gasteiger partial charge in [-0.1, -0.05) is 11.6 Å². The maximum atomic E-state index is 13.4. The zero-order valence-electron chi connectivity index (χ0n) is 15.7. The number of hydrogen-bond donors (Lipinski definition) is 1. The van der Waals surface area contributed by atoms with E-state index < -0.39 is 5.82 Å². The van der Waals surface area contributed by atoms with Crippen molar-refractivity contribution in [3.63, 3.8) is 0 Å². The van der Waals surface area contributed by atoms with E-state index in [2.05, 4.69) is 27.1 Å². The van der Waals surface area contributed by atoms with Crippen molar-refractivity contribution < 1.29 is 13.9 Å². The summed E-state index contributed by atoms with van der Waals surface area (Å²) >= 11 is 5.64. The van der Waals surface area contributed by atoms with Crippen LogP contribution in [-0.4, -0.2) is 27.6 Å². The van der Waals surface area contributed by atoms with E-state index in [1.807, 2.05) is 6.33 Å². The zero-order valence-corrected chi connectivity index (χ0v) is 16.5. The highest BCUT2D eigenvalue weighted by molar-refractivity contribution is 6.30. The molecule has 0 atom stereocenters. The average Bonchev–Trinajstić information content (AvgIpc) is 3.06. The van der Waals surface area contributed by atoms with Crippen LogP contribution in [0.25, 0.3) is 0 Å². The van der Waals surface area contributed by atoms with Crippen molar-refractivity contribution in [3.8, 4) is 11.8 Å². The van der Waals surface area contributed by atoms with E-state index in [0.717, 1.165) is 37.8 Å². The van der Waals surface area contributed by atoms with Crippen LogP contribution in [0.15, 0.2) is 30.7 Å². The van der Waals surface area contributed by atoms with Crippen LogP contribution in [0.1, 0.15) is 43.8 Å². The molecule has 0 spiro atoms. The highest BCUT2D eigenvalue weighted by Gasteiger charge is 2.70. The molecule has 1 aromatic carbocycles. The van der Waals surface area contributed by atoms with Gasteiger partial charge in [-0.2, -0.15) is 5.26 Å². The van der Waals surface area contributed by atoms with Crippen molar-refractivity contribution in [2.24, 2.45) is 5.92 Å². The van der Waals surface area contributed by atoms with Crippen molar-refractivity contribution in [1.82, 2.24) is 14.9 Å². The van der Waals surface area contributed by atoms with Gasteiger partial charge in [-0.25, -0.2) is 9.37 Å². The van der Waals surface area contributed by atoms with Gasteiger partial charge in [0, 0.05) is 29.3 Å². The highest BCUT2D eigenvalue weighted by Crippen LogP contribution is 2.67. The van der Waals surface area contributed by atoms with Crippen LogP contribution < -0.4 is 10.1 Å². The van der Waals surface area contributed by atoms with Crippen molar-refractivity contribution in [2.45, 2.75) is 49.1 Å². The molecule has 6 nitrogen and oxygen atoms in total. The summed E-state index contributed by atoms with van der Waals surface area (Å²) in [7, 11) is 0. The molecule has 4 aliphatic carbocycles. The number of halogens is 2. The largest absolute Gasteiger partial charge is 0.484 e. The second-order valence-corrected chi connectivity index (χ2v) is 9.07. The third kappa shape index (κ3) is 3.06. The van der Waals surface area contributed by atoms with Crippen LogP contribution in [0.3, 0.4) is 0 Å². The molecule has 1 aromatic heterocycles. The lowest BCUT2D eigenvalue weighted by atomic mass is 9.38. The number of hydrogen-bond acceptors (Lipinski definition) is 4. The molecule has 0 radical (unpaired) electrons. The molecule has 4 aliphatic rings. The van der Waals surface area contributed by atoms with E-state index in [1.54, 1.807) is 0 Å². The summed E-state index contributed by atoms with van der Waals surface area (Å²) in [5, 5.41) is 12.0. The minimum absolute atomic E-state index is 0.0191. The molecule has 4 saturated carbocycles. The second-order valence-electron chi connectivity index (χ2n) is 8.66. The monoisotopic (exact) mass is 414 g/mol. The molecule has 0 saturated heterocycles. The topological polar surface area (TPSA) is 79.9 Å². The van der Waals surface area contributed by atoms with Crippen LogP contribution >= 0.6 is 11.6 Å². The molecule has 29 heavy (non-hydrogen) atoms. The summed E-state index contributed by atoms with van der Waals surface area (Å²) in [5.41, 5.74) is 0.983. The first-order chi connectivity index (χ1) is 13.9. The molecule has 2 bridgehead atoms. The third-order valence-electron chi connectivity index (χ3n) is 6.56. The minimum atomic E-state index is -0.574. The molecular formula is C21H20ClFN4O2. The summed E-state index contributed by atoms with van der Waals surface area (Å²) in [4.78, 5) is 16.8. The summed E-state index contributed by atoms with van der Waals surface area (Å²) in [6.07, 6.45) is 8.42. The molecule has 4 fully saturated rings. The molecule has 2 aromatic rings. The van der Waals surface area contributed by atoms with Gasteiger partial charge in [0.25, 0.3) is 5.91 Å². The SMILES string of the molecule is N#C[C@H]1C[C@@H](n2cnc(C34CC(NC(=O)COc5ccc(Cl)c(F)c5)(C3)C4)c2)C1. The Hall–Kier alpha value is -2.59. The fourth-order valence-electron chi connectivity index (χ4n) is 4.99. The predicted octanol–water partition coefficient (Wildman–Crippen LogP) is 3.52. The van der Waals surface area contributed by atoms with Gasteiger partial charge in [-0.3, -0.25) is 4.79 Å². The second kappa shape index (κ2) is 6.46. The molecular weight excluding hydrogens is 395 g/mol. The molecule has 6 rings (SSSR count). The number of nitrogens with zero attached hydrogens (tertiary/aromatic N) is 3. The number of benzene rings is 1. The lowest BCUT2D eigenvalue weighted by Crippen LogP contribution is -2.77. The Bertz CT molecular complexity index is 1000. The van der Waals surface area contributed by atoms with Crippen LogP contribution in [-0.2, 0) is 10.2 Å². The fourth-order valence-corrected chi connectivity index (χ4v) is 5.10. The van der Waals surface area contributed by atoms with E-state index in [4.69, 9.17) is 21.6 Å². The first-order valence-corrected chi connectivity index (χ1v) is 10.1. The molecule has 0 aliphatic heterocycles. The van der Waals surface area contributed by atoms with Crippen molar-refractivity contribution in [3.05, 3.63) is 47.3 Å². The van der Waals surface area contributed by atoms with Crippen molar-refractivity contribution >= 4 is 17.5 Å².